The maximum Gasteiger partial charge on any atom is 0.316 e. The average molecular weight is 393 g/mol. The van der Waals surface area contributed by atoms with E-state index in [1.165, 1.54) is 7.05 Å². The number of nitrogens with one attached hydrogen (secondary N) is 2. The molecule has 3 heterocycles. The SMILES string of the molecule is CNC(=O)c1nc(-c2cc(NCCOC)cc(-c3cn4ncccc4n3)c2)no1. The van der Waals surface area contributed by atoms with Gasteiger partial charge in [-0.1, -0.05) is 5.16 Å². The molecule has 3 aromatic heterocycles. The predicted octanol–water partition coefficient (Wildman–Crippen LogP) is 1.86. The van der Waals surface area contributed by atoms with Crippen molar-refractivity contribution in [1.82, 2.24) is 30.1 Å². The molecule has 1 amide bonds. The number of fused-ring (bicyclic) bond motifs is 1. The van der Waals surface area contributed by atoms with Gasteiger partial charge in [-0.25, -0.2) is 9.50 Å². The van der Waals surface area contributed by atoms with E-state index in [0.29, 0.717) is 24.5 Å². The van der Waals surface area contributed by atoms with Crippen molar-refractivity contribution in [2.24, 2.45) is 0 Å². The molecule has 0 bridgehead atoms. The molecule has 0 saturated heterocycles. The van der Waals surface area contributed by atoms with Gasteiger partial charge in [0.1, 0.15) is 0 Å². The Labute approximate surface area is 165 Å². The van der Waals surface area contributed by atoms with Gasteiger partial charge in [0.2, 0.25) is 5.82 Å². The van der Waals surface area contributed by atoms with Gasteiger partial charge >= 0.3 is 11.8 Å². The van der Waals surface area contributed by atoms with E-state index in [9.17, 15) is 4.79 Å². The van der Waals surface area contributed by atoms with Gasteiger partial charge in [0.15, 0.2) is 5.65 Å². The minimum absolute atomic E-state index is 0.0984. The molecule has 29 heavy (non-hydrogen) atoms. The van der Waals surface area contributed by atoms with E-state index in [0.717, 1.165) is 22.6 Å². The van der Waals surface area contributed by atoms with Gasteiger partial charge in [0, 0.05) is 43.7 Å². The minimum atomic E-state index is -0.440. The number of ether oxygens (including phenoxy) is 1. The Morgan fingerprint density at radius 3 is 2.90 bits per heavy atom. The number of amides is 1. The van der Waals surface area contributed by atoms with Gasteiger partial charge in [-0.2, -0.15) is 10.1 Å². The van der Waals surface area contributed by atoms with Gasteiger partial charge in [0.05, 0.1) is 18.5 Å². The number of imidazole rings is 1. The standard InChI is InChI=1S/C19H19N7O3/c1-20-18(27)19-24-17(25-29-19)13-8-12(9-14(10-13)21-6-7-28-2)15-11-26-16(23-15)4-3-5-22-26/h3-5,8-11,21H,6-7H2,1-2H3,(H,20,27). The number of aromatic nitrogens is 5. The molecule has 4 aromatic rings. The molecule has 2 N–H and O–H groups in total. The first-order valence-corrected chi connectivity index (χ1v) is 8.93. The lowest BCUT2D eigenvalue weighted by molar-refractivity contribution is 0.0919. The molecule has 148 valence electrons. The Bertz CT molecular complexity index is 1120. The van der Waals surface area contributed by atoms with Gasteiger partial charge < -0.3 is 19.9 Å². The molecule has 0 spiro atoms. The first-order valence-electron chi connectivity index (χ1n) is 8.93. The molecule has 0 unspecified atom stereocenters. The molecule has 0 aliphatic carbocycles. The van der Waals surface area contributed by atoms with Crippen molar-refractivity contribution in [2.45, 2.75) is 0 Å². The second-order valence-corrected chi connectivity index (χ2v) is 6.17. The highest BCUT2D eigenvalue weighted by molar-refractivity contribution is 5.89. The molecule has 0 fully saturated rings. The van der Waals surface area contributed by atoms with Crippen LogP contribution in [-0.4, -0.2) is 58.0 Å². The smallest absolute Gasteiger partial charge is 0.316 e. The van der Waals surface area contributed by atoms with Crippen LogP contribution in [0.15, 0.2) is 47.2 Å². The van der Waals surface area contributed by atoms with Crippen molar-refractivity contribution >= 4 is 17.2 Å². The van der Waals surface area contributed by atoms with Gasteiger partial charge in [0.25, 0.3) is 0 Å². The van der Waals surface area contributed by atoms with Crippen LogP contribution in [0.3, 0.4) is 0 Å². The molecule has 0 radical (unpaired) electrons. The highest BCUT2D eigenvalue weighted by atomic mass is 16.5. The molecular weight excluding hydrogens is 374 g/mol. The highest BCUT2D eigenvalue weighted by Gasteiger charge is 2.16. The third kappa shape index (κ3) is 3.92. The van der Waals surface area contributed by atoms with Crippen LogP contribution in [0.1, 0.15) is 10.7 Å². The Balaban J connectivity index is 1.76. The van der Waals surface area contributed by atoms with Crippen molar-refractivity contribution in [3.05, 3.63) is 48.6 Å². The number of hydrogen-bond acceptors (Lipinski definition) is 8. The van der Waals surface area contributed by atoms with E-state index in [4.69, 9.17) is 9.26 Å². The molecule has 0 aliphatic heterocycles. The number of methoxy groups -OCH3 is 1. The summed E-state index contributed by atoms with van der Waals surface area (Å²) in [5.74, 6) is -0.231. The zero-order valence-corrected chi connectivity index (χ0v) is 15.9. The summed E-state index contributed by atoms with van der Waals surface area (Å²) < 4.78 is 11.9. The van der Waals surface area contributed by atoms with Gasteiger partial charge in [-0.15, -0.1) is 0 Å². The van der Waals surface area contributed by atoms with Crippen molar-refractivity contribution in [3.63, 3.8) is 0 Å². The fourth-order valence-electron chi connectivity index (χ4n) is 2.81. The molecule has 1 aromatic carbocycles. The number of carbonyl (C=O) groups is 1. The molecule has 10 heteroatoms. The first-order chi connectivity index (χ1) is 14.2. The van der Waals surface area contributed by atoms with Crippen molar-refractivity contribution in [2.75, 3.05) is 32.6 Å². The normalized spacial score (nSPS) is 11.0. The third-order valence-electron chi connectivity index (χ3n) is 4.21. The minimum Gasteiger partial charge on any atom is -0.383 e. The second kappa shape index (κ2) is 8.07. The topological polar surface area (TPSA) is 119 Å². The van der Waals surface area contributed by atoms with Crippen molar-refractivity contribution < 1.29 is 14.1 Å². The number of carbonyl (C=O) groups excluding carboxylic acids is 1. The fourth-order valence-corrected chi connectivity index (χ4v) is 2.81. The summed E-state index contributed by atoms with van der Waals surface area (Å²) in [6, 6.07) is 9.46. The van der Waals surface area contributed by atoms with E-state index in [-0.39, 0.29) is 5.89 Å². The monoisotopic (exact) mass is 393 g/mol. The van der Waals surface area contributed by atoms with E-state index < -0.39 is 5.91 Å². The molecule has 10 nitrogen and oxygen atoms in total. The summed E-state index contributed by atoms with van der Waals surface area (Å²) in [6.45, 7) is 1.18. The average Bonchev–Trinajstić information content (AvgIpc) is 3.40. The lowest BCUT2D eigenvalue weighted by Gasteiger charge is -2.09. The summed E-state index contributed by atoms with van der Waals surface area (Å²) in [4.78, 5) is 20.5. The van der Waals surface area contributed by atoms with Crippen molar-refractivity contribution in [3.8, 4) is 22.6 Å². The Morgan fingerprint density at radius 1 is 1.24 bits per heavy atom. The molecule has 0 atom stereocenters. The Kier molecular flexibility index (Phi) is 5.16. The zero-order valence-electron chi connectivity index (χ0n) is 15.9. The summed E-state index contributed by atoms with van der Waals surface area (Å²) >= 11 is 0. The molecule has 4 rings (SSSR count). The van der Waals surface area contributed by atoms with Crippen LogP contribution >= 0.6 is 0 Å². The maximum atomic E-state index is 11.7. The summed E-state index contributed by atoms with van der Waals surface area (Å²) in [5, 5.41) is 14.0. The van der Waals surface area contributed by atoms with Crippen LogP contribution in [0.4, 0.5) is 5.69 Å². The predicted molar refractivity (Wildman–Crippen MR) is 105 cm³/mol. The van der Waals surface area contributed by atoms with E-state index in [1.807, 2.05) is 36.5 Å². The fraction of sp³-hybridized carbons (Fsp3) is 0.211. The number of benzene rings is 1. The van der Waals surface area contributed by atoms with Gasteiger partial charge in [-0.05, 0) is 30.3 Å². The maximum absolute atomic E-state index is 11.7. The number of anilines is 1. The zero-order chi connectivity index (χ0) is 20.2. The lowest BCUT2D eigenvalue weighted by atomic mass is 10.1. The van der Waals surface area contributed by atoms with E-state index in [1.54, 1.807) is 17.8 Å². The van der Waals surface area contributed by atoms with Crippen LogP contribution in [0.25, 0.3) is 28.3 Å². The summed E-state index contributed by atoms with van der Waals surface area (Å²) in [6.07, 6.45) is 3.55. The third-order valence-corrected chi connectivity index (χ3v) is 4.21. The Hall–Kier alpha value is -3.79. The van der Waals surface area contributed by atoms with E-state index >= 15 is 0 Å². The highest BCUT2D eigenvalue weighted by Crippen LogP contribution is 2.29. The van der Waals surface area contributed by atoms with Crippen LogP contribution < -0.4 is 10.6 Å². The van der Waals surface area contributed by atoms with Crippen LogP contribution in [0.2, 0.25) is 0 Å². The number of nitrogens with zero attached hydrogens (tertiary/aromatic N) is 5. The van der Waals surface area contributed by atoms with Crippen LogP contribution in [0, 0.1) is 0 Å². The van der Waals surface area contributed by atoms with Crippen molar-refractivity contribution in [1.29, 1.82) is 0 Å². The van der Waals surface area contributed by atoms with E-state index in [2.05, 4.69) is 30.9 Å². The quantitative estimate of drug-likeness (QED) is 0.457. The van der Waals surface area contributed by atoms with Gasteiger partial charge in [-0.3, -0.25) is 4.79 Å². The lowest BCUT2D eigenvalue weighted by Crippen LogP contribution is -2.17. The summed E-state index contributed by atoms with van der Waals surface area (Å²) in [5.41, 5.74) is 3.86. The van der Waals surface area contributed by atoms with Crippen LogP contribution in [-0.2, 0) is 4.74 Å². The molecular formula is C19H19N7O3. The summed E-state index contributed by atoms with van der Waals surface area (Å²) in [7, 11) is 3.15. The first kappa shape index (κ1) is 18.6. The molecule has 0 saturated carbocycles. The molecule has 0 aliphatic rings. The largest absolute Gasteiger partial charge is 0.383 e. The number of hydrogen-bond donors (Lipinski definition) is 2. The van der Waals surface area contributed by atoms with Crippen LogP contribution in [0.5, 0.6) is 0 Å². The Morgan fingerprint density at radius 2 is 2.10 bits per heavy atom. The second-order valence-electron chi connectivity index (χ2n) is 6.17. The number of rotatable bonds is 7.